The van der Waals surface area contributed by atoms with E-state index in [2.05, 4.69) is 46.2 Å². The Bertz CT molecular complexity index is 442. The Labute approximate surface area is 161 Å². The van der Waals surface area contributed by atoms with E-state index < -0.39 is 22.9 Å². The molecule has 6 nitrogen and oxygen atoms in total. The molecule has 2 saturated heterocycles. The molecule has 2 fully saturated rings. The van der Waals surface area contributed by atoms with Crippen LogP contribution in [0.2, 0.25) is 45.6 Å². The van der Waals surface area contributed by atoms with Crippen LogP contribution in [0.1, 0.15) is 19.8 Å². The number of hydrogen-bond acceptors (Lipinski definition) is 6. The van der Waals surface area contributed by atoms with Crippen molar-refractivity contribution in [2.24, 2.45) is 0 Å². The maximum absolute atomic E-state index is 6.39. The molecule has 0 spiro atoms. The zero-order valence-electron chi connectivity index (χ0n) is 17.7. The molecule has 2 heterocycles. The molecule has 2 rings (SSSR count). The van der Waals surface area contributed by atoms with Gasteiger partial charge in [0.25, 0.3) is 0 Å². The molecule has 26 heavy (non-hydrogen) atoms. The number of unbranched alkanes of at least 4 members (excludes halogenated alkanes) is 1. The van der Waals surface area contributed by atoms with Crippen LogP contribution in [0.25, 0.3) is 0 Å². The van der Waals surface area contributed by atoms with E-state index >= 15 is 0 Å². The fraction of sp³-hybridized carbons (Fsp3) is 1.00. The standard InChI is InChI=1S/C17H37BO6Si2/c1-9-10-11-18-22-14-13(12-20-25(3,4)5)21-17(19-2)16(15(14)23-18)24-26(6,7)8/h13-17H,9-12H2,1-8H3/t13-,14+,15+,16-,17+/m1/s1. The quantitative estimate of drug-likeness (QED) is 0.549. The van der Waals surface area contributed by atoms with Crippen LogP contribution < -0.4 is 0 Å². The highest BCUT2D eigenvalue weighted by molar-refractivity contribution is 6.70. The van der Waals surface area contributed by atoms with Crippen molar-refractivity contribution in [1.29, 1.82) is 0 Å². The molecule has 0 aromatic rings. The van der Waals surface area contributed by atoms with Gasteiger partial charge in [-0.1, -0.05) is 19.8 Å². The van der Waals surface area contributed by atoms with Crippen molar-refractivity contribution < 1.29 is 27.6 Å². The maximum atomic E-state index is 6.39. The van der Waals surface area contributed by atoms with E-state index in [4.69, 9.17) is 27.6 Å². The van der Waals surface area contributed by atoms with Crippen LogP contribution in [-0.2, 0) is 27.6 Å². The lowest BCUT2D eigenvalue weighted by molar-refractivity contribution is -0.269. The van der Waals surface area contributed by atoms with Crippen LogP contribution in [0.5, 0.6) is 0 Å². The van der Waals surface area contributed by atoms with Crippen LogP contribution >= 0.6 is 0 Å². The summed E-state index contributed by atoms with van der Waals surface area (Å²) >= 11 is 0. The first-order valence-corrected chi connectivity index (χ1v) is 16.7. The highest BCUT2D eigenvalue weighted by atomic mass is 28.4. The summed E-state index contributed by atoms with van der Waals surface area (Å²) in [6.07, 6.45) is 1.78. The zero-order valence-corrected chi connectivity index (χ0v) is 19.7. The number of hydrogen-bond donors (Lipinski definition) is 0. The predicted octanol–water partition coefficient (Wildman–Crippen LogP) is 3.50. The molecular weight excluding hydrogens is 367 g/mol. The number of rotatable bonds is 9. The summed E-state index contributed by atoms with van der Waals surface area (Å²) in [4.78, 5) is 0. The first-order chi connectivity index (χ1) is 12.0. The molecule has 9 heteroatoms. The molecule has 0 bridgehead atoms. The maximum Gasteiger partial charge on any atom is 0.457 e. The molecule has 152 valence electrons. The monoisotopic (exact) mass is 404 g/mol. The second-order valence-electron chi connectivity index (χ2n) is 9.17. The Balaban J connectivity index is 2.16. The Morgan fingerprint density at radius 3 is 2.15 bits per heavy atom. The first-order valence-electron chi connectivity index (χ1n) is 9.85. The summed E-state index contributed by atoms with van der Waals surface area (Å²) in [7, 11) is -2.00. The van der Waals surface area contributed by atoms with Crippen LogP contribution in [0.4, 0.5) is 0 Å². The van der Waals surface area contributed by atoms with Gasteiger partial charge in [0.15, 0.2) is 22.9 Å². The van der Waals surface area contributed by atoms with Gasteiger partial charge in [-0.25, -0.2) is 0 Å². The minimum atomic E-state index is -1.80. The topological polar surface area (TPSA) is 55.4 Å². The third-order valence-corrected chi connectivity index (χ3v) is 6.42. The molecule has 2 aliphatic rings. The molecule has 5 atom stereocenters. The molecule has 0 unspecified atom stereocenters. The van der Waals surface area contributed by atoms with E-state index in [1.165, 1.54) is 0 Å². The minimum Gasteiger partial charge on any atom is -0.415 e. The Morgan fingerprint density at radius 2 is 1.62 bits per heavy atom. The molecule has 2 aliphatic heterocycles. The number of methoxy groups -OCH3 is 1. The van der Waals surface area contributed by atoms with E-state index in [9.17, 15) is 0 Å². The normalized spacial score (nSPS) is 32.8. The zero-order chi connectivity index (χ0) is 19.5. The molecule has 0 radical (unpaired) electrons. The lowest BCUT2D eigenvalue weighted by Gasteiger charge is -2.44. The van der Waals surface area contributed by atoms with Crippen molar-refractivity contribution in [3.05, 3.63) is 0 Å². The summed E-state index contributed by atoms with van der Waals surface area (Å²) in [5.74, 6) is 0. The van der Waals surface area contributed by atoms with Gasteiger partial charge in [0.1, 0.15) is 12.2 Å². The van der Waals surface area contributed by atoms with Crippen molar-refractivity contribution >= 4 is 23.8 Å². The van der Waals surface area contributed by atoms with Crippen LogP contribution in [0.15, 0.2) is 0 Å². The Morgan fingerprint density at radius 1 is 0.962 bits per heavy atom. The van der Waals surface area contributed by atoms with Gasteiger partial charge in [0.2, 0.25) is 0 Å². The lowest BCUT2D eigenvalue weighted by atomic mass is 9.83. The highest BCUT2D eigenvalue weighted by Crippen LogP contribution is 2.36. The summed E-state index contributed by atoms with van der Waals surface area (Å²) < 4.78 is 36.9. The second kappa shape index (κ2) is 9.17. The minimum absolute atomic E-state index is 0.180. The summed E-state index contributed by atoms with van der Waals surface area (Å²) in [6, 6.07) is 0. The van der Waals surface area contributed by atoms with Gasteiger partial charge in [0, 0.05) is 7.11 Å². The van der Waals surface area contributed by atoms with E-state index in [1.807, 2.05) is 0 Å². The van der Waals surface area contributed by atoms with Gasteiger partial charge in [-0.2, -0.15) is 0 Å². The number of ether oxygens (including phenoxy) is 2. The fourth-order valence-electron chi connectivity index (χ4n) is 3.28. The van der Waals surface area contributed by atoms with Gasteiger partial charge >= 0.3 is 7.12 Å². The first kappa shape index (κ1) is 22.5. The van der Waals surface area contributed by atoms with Crippen molar-refractivity contribution in [3.63, 3.8) is 0 Å². The molecule has 0 N–H and O–H groups in total. The van der Waals surface area contributed by atoms with Gasteiger partial charge in [-0.15, -0.1) is 0 Å². The van der Waals surface area contributed by atoms with E-state index in [-0.39, 0.29) is 31.5 Å². The van der Waals surface area contributed by atoms with E-state index in [0.717, 1.165) is 19.2 Å². The predicted molar refractivity (Wildman–Crippen MR) is 108 cm³/mol. The van der Waals surface area contributed by atoms with E-state index in [0.29, 0.717) is 6.61 Å². The molecule has 0 aliphatic carbocycles. The Hall–Kier alpha value is 0.259. The summed E-state index contributed by atoms with van der Waals surface area (Å²) in [5, 5.41) is 0. The third-order valence-electron chi connectivity index (χ3n) is 4.40. The second-order valence-corrected chi connectivity index (χ2v) is 18.1. The van der Waals surface area contributed by atoms with Crippen LogP contribution in [-0.4, -0.2) is 68.2 Å². The summed E-state index contributed by atoms with van der Waals surface area (Å²) in [6.45, 7) is 15.7. The van der Waals surface area contributed by atoms with Gasteiger partial charge in [-0.05, 0) is 45.6 Å². The smallest absolute Gasteiger partial charge is 0.415 e. The highest BCUT2D eigenvalue weighted by Gasteiger charge is 2.55. The lowest BCUT2D eigenvalue weighted by Crippen LogP contribution is -2.61. The van der Waals surface area contributed by atoms with Crippen molar-refractivity contribution in [3.8, 4) is 0 Å². The Kier molecular flexibility index (Phi) is 7.95. The SMILES string of the molecule is CCCCB1O[C@H]2[C@@H](O1)[C@@H](CO[Si](C)(C)C)O[C@H](OC)[C@@H]2O[Si](C)(C)C. The van der Waals surface area contributed by atoms with E-state index in [1.54, 1.807) is 7.11 Å². The summed E-state index contributed by atoms with van der Waals surface area (Å²) in [5.41, 5.74) is 0. The van der Waals surface area contributed by atoms with Crippen molar-refractivity contribution in [2.75, 3.05) is 13.7 Å². The van der Waals surface area contributed by atoms with Crippen molar-refractivity contribution in [2.45, 2.75) is 96.1 Å². The molecule has 0 saturated carbocycles. The van der Waals surface area contributed by atoms with Crippen LogP contribution in [0, 0.1) is 0 Å². The van der Waals surface area contributed by atoms with Gasteiger partial charge in [0.05, 0.1) is 18.8 Å². The average Bonchev–Trinajstić information content (AvgIpc) is 2.94. The number of fused-ring (bicyclic) bond motifs is 1. The fourth-order valence-corrected chi connectivity index (χ4v) is 5.00. The third kappa shape index (κ3) is 6.41. The van der Waals surface area contributed by atoms with Gasteiger partial charge < -0.3 is 27.6 Å². The molecule has 0 aromatic carbocycles. The molecule has 0 amide bonds. The van der Waals surface area contributed by atoms with Crippen molar-refractivity contribution in [1.82, 2.24) is 0 Å². The average molecular weight is 404 g/mol. The van der Waals surface area contributed by atoms with Crippen LogP contribution in [0.3, 0.4) is 0 Å². The molecular formula is C17H37BO6Si2. The van der Waals surface area contributed by atoms with Gasteiger partial charge in [-0.3, -0.25) is 0 Å². The largest absolute Gasteiger partial charge is 0.457 e. The molecule has 0 aromatic heterocycles.